The van der Waals surface area contributed by atoms with Crippen LogP contribution in [0.3, 0.4) is 0 Å². The lowest BCUT2D eigenvalue weighted by Gasteiger charge is -2.07. The zero-order valence-electron chi connectivity index (χ0n) is 11.2. The fourth-order valence-electron chi connectivity index (χ4n) is 2.13. The van der Waals surface area contributed by atoms with E-state index in [1.54, 1.807) is 18.3 Å². The summed E-state index contributed by atoms with van der Waals surface area (Å²) >= 11 is 0. The van der Waals surface area contributed by atoms with Crippen molar-refractivity contribution >= 4 is 18.1 Å². The normalized spacial score (nSPS) is 10.1. The molecule has 1 aromatic heterocycles. The van der Waals surface area contributed by atoms with Gasteiger partial charge >= 0.3 is 0 Å². The highest BCUT2D eigenvalue weighted by Gasteiger charge is 2.15. The van der Waals surface area contributed by atoms with Crippen molar-refractivity contribution < 1.29 is 4.39 Å². The van der Waals surface area contributed by atoms with Crippen molar-refractivity contribution in [3.05, 3.63) is 59.5 Å². The van der Waals surface area contributed by atoms with Gasteiger partial charge in [0.15, 0.2) is 0 Å². The van der Waals surface area contributed by atoms with Gasteiger partial charge < -0.3 is 4.57 Å². The Morgan fingerprint density at radius 3 is 2.55 bits per heavy atom. The van der Waals surface area contributed by atoms with Crippen LogP contribution in [0.4, 0.5) is 10.2 Å². The van der Waals surface area contributed by atoms with Gasteiger partial charge in [-0.1, -0.05) is 18.7 Å². The summed E-state index contributed by atoms with van der Waals surface area (Å²) in [7, 11) is 0. The number of nitriles is 1. The molecule has 4 heteroatoms. The molecule has 0 atom stereocenters. The van der Waals surface area contributed by atoms with Crippen LogP contribution in [0, 0.1) is 17.1 Å². The molecule has 0 unspecified atom stereocenters. The van der Waals surface area contributed by atoms with Gasteiger partial charge in [0.2, 0.25) is 0 Å². The van der Waals surface area contributed by atoms with Gasteiger partial charge in [-0.15, -0.1) is 0 Å². The smallest absolute Gasteiger partial charge is 0.141 e. The minimum atomic E-state index is -0.274. The van der Waals surface area contributed by atoms with Gasteiger partial charge in [-0.3, -0.25) is 0 Å². The first-order valence-corrected chi connectivity index (χ1v) is 6.07. The Morgan fingerprint density at radius 1 is 1.40 bits per heavy atom. The van der Waals surface area contributed by atoms with E-state index in [1.807, 2.05) is 11.5 Å². The third-order valence-corrected chi connectivity index (χ3v) is 3.01. The van der Waals surface area contributed by atoms with E-state index in [4.69, 9.17) is 0 Å². The summed E-state index contributed by atoms with van der Waals surface area (Å²) in [6.45, 7) is 9.75. The Kier molecular flexibility index (Phi) is 3.81. The van der Waals surface area contributed by atoms with Crippen molar-refractivity contribution in [2.24, 2.45) is 4.99 Å². The van der Waals surface area contributed by atoms with Crippen LogP contribution in [0.5, 0.6) is 0 Å². The van der Waals surface area contributed by atoms with Crippen molar-refractivity contribution in [3.8, 4) is 6.07 Å². The van der Waals surface area contributed by atoms with Crippen LogP contribution in [0.15, 0.2) is 42.0 Å². The van der Waals surface area contributed by atoms with Crippen LogP contribution < -0.4 is 0 Å². The molecule has 1 aromatic carbocycles. The summed E-state index contributed by atoms with van der Waals surface area (Å²) in [6.07, 6.45) is 1.72. The molecule has 0 bridgehead atoms. The van der Waals surface area contributed by atoms with Crippen LogP contribution in [0.1, 0.15) is 23.6 Å². The Bertz CT molecular complexity index is 703. The van der Waals surface area contributed by atoms with Crippen LogP contribution in [0.2, 0.25) is 0 Å². The van der Waals surface area contributed by atoms with Gasteiger partial charge in [-0.2, -0.15) is 5.26 Å². The monoisotopic (exact) mass is 267 g/mol. The zero-order valence-corrected chi connectivity index (χ0v) is 11.2. The largest absolute Gasteiger partial charge is 0.327 e. The van der Waals surface area contributed by atoms with E-state index in [2.05, 4.69) is 24.4 Å². The fourth-order valence-corrected chi connectivity index (χ4v) is 2.13. The number of hydrogen-bond donors (Lipinski definition) is 0. The second kappa shape index (κ2) is 5.54. The Balaban J connectivity index is 2.47. The third kappa shape index (κ3) is 2.52. The molecule has 0 saturated heterocycles. The molecular weight excluding hydrogens is 253 g/mol. The van der Waals surface area contributed by atoms with Gasteiger partial charge in [-0.25, -0.2) is 9.38 Å². The average Bonchev–Trinajstić information content (AvgIpc) is 2.79. The number of hydrogen-bond acceptors (Lipinski definition) is 2. The van der Waals surface area contributed by atoms with Crippen LogP contribution in [0.25, 0.3) is 5.57 Å². The maximum absolute atomic E-state index is 12.9. The first kappa shape index (κ1) is 13.8. The van der Waals surface area contributed by atoms with E-state index in [0.29, 0.717) is 23.5 Å². The standard InChI is InChI=1S/C16H14FN3/c1-11(2)15-13(8-18)10-20(16(15)19-3)9-12-4-6-14(17)7-5-12/h4-7,10H,1,3,9H2,2H3. The van der Waals surface area contributed by atoms with E-state index in [-0.39, 0.29) is 5.82 Å². The maximum Gasteiger partial charge on any atom is 0.141 e. The molecule has 0 radical (unpaired) electrons. The lowest BCUT2D eigenvalue weighted by Crippen LogP contribution is -1.97. The minimum Gasteiger partial charge on any atom is -0.327 e. The molecule has 0 spiro atoms. The summed E-state index contributed by atoms with van der Waals surface area (Å²) in [5.41, 5.74) is 2.91. The second-order valence-corrected chi connectivity index (χ2v) is 4.55. The highest BCUT2D eigenvalue weighted by Crippen LogP contribution is 2.31. The van der Waals surface area contributed by atoms with Crippen molar-refractivity contribution in [2.45, 2.75) is 13.5 Å². The first-order chi connectivity index (χ1) is 9.56. The first-order valence-electron chi connectivity index (χ1n) is 6.07. The number of nitrogens with zero attached hydrogens (tertiary/aromatic N) is 3. The SMILES string of the molecule is C=Nc1c(C(=C)C)c(C#N)cn1Cc1ccc(F)cc1. The maximum atomic E-state index is 12.9. The number of rotatable bonds is 4. The Labute approximate surface area is 117 Å². The molecule has 100 valence electrons. The topological polar surface area (TPSA) is 41.1 Å². The third-order valence-electron chi connectivity index (χ3n) is 3.01. The molecule has 2 rings (SSSR count). The summed E-state index contributed by atoms with van der Waals surface area (Å²) in [5, 5.41) is 9.19. The lowest BCUT2D eigenvalue weighted by atomic mass is 10.1. The number of allylic oxidation sites excluding steroid dienone is 1. The quantitative estimate of drug-likeness (QED) is 0.774. The molecule has 3 nitrogen and oxygen atoms in total. The fraction of sp³-hybridized carbons (Fsp3) is 0.125. The van der Waals surface area contributed by atoms with Gasteiger partial charge in [0.25, 0.3) is 0 Å². The molecular formula is C16H14FN3. The molecule has 0 aliphatic rings. The molecule has 0 fully saturated rings. The lowest BCUT2D eigenvalue weighted by molar-refractivity contribution is 0.626. The average molecular weight is 267 g/mol. The highest BCUT2D eigenvalue weighted by molar-refractivity contribution is 5.76. The van der Waals surface area contributed by atoms with Crippen molar-refractivity contribution in [2.75, 3.05) is 0 Å². The molecule has 0 amide bonds. The molecule has 0 aliphatic heterocycles. The van der Waals surface area contributed by atoms with Gasteiger partial charge in [0.05, 0.1) is 5.56 Å². The van der Waals surface area contributed by atoms with Crippen LogP contribution in [-0.2, 0) is 6.54 Å². The summed E-state index contributed by atoms with van der Waals surface area (Å²) < 4.78 is 14.7. The predicted octanol–water partition coefficient (Wildman–Crippen LogP) is 3.91. The number of benzene rings is 1. The zero-order chi connectivity index (χ0) is 14.7. The number of aliphatic imine (C=N–C) groups is 1. The Hall–Kier alpha value is -2.67. The van der Waals surface area contributed by atoms with E-state index in [1.165, 1.54) is 12.1 Å². The highest BCUT2D eigenvalue weighted by atomic mass is 19.1. The van der Waals surface area contributed by atoms with E-state index in [0.717, 1.165) is 11.1 Å². The molecule has 0 saturated carbocycles. The van der Waals surface area contributed by atoms with Gasteiger partial charge in [0, 0.05) is 18.3 Å². The molecule has 0 N–H and O–H groups in total. The second-order valence-electron chi connectivity index (χ2n) is 4.55. The van der Waals surface area contributed by atoms with Gasteiger partial charge in [-0.05, 0) is 36.9 Å². The van der Waals surface area contributed by atoms with E-state index < -0.39 is 0 Å². The minimum absolute atomic E-state index is 0.274. The summed E-state index contributed by atoms with van der Waals surface area (Å²) in [4.78, 5) is 4.00. The van der Waals surface area contributed by atoms with Crippen molar-refractivity contribution in [1.82, 2.24) is 4.57 Å². The molecule has 20 heavy (non-hydrogen) atoms. The van der Waals surface area contributed by atoms with Crippen molar-refractivity contribution in [3.63, 3.8) is 0 Å². The van der Waals surface area contributed by atoms with Crippen LogP contribution >= 0.6 is 0 Å². The molecule has 2 aromatic rings. The summed E-state index contributed by atoms with van der Waals surface area (Å²) in [5.74, 6) is 0.335. The molecule has 0 aliphatic carbocycles. The Morgan fingerprint density at radius 2 is 2.05 bits per heavy atom. The van der Waals surface area contributed by atoms with Crippen molar-refractivity contribution in [1.29, 1.82) is 5.26 Å². The van der Waals surface area contributed by atoms with Crippen LogP contribution in [-0.4, -0.2) is 11.3 Å². The van der Waals surface area contributed by atoms with Gasteiger partial charge in [0.1, 0.15) is 17.7 Å². The molecule has 1 heterocycles. The predicted molar refractivity (Wildman–Crippen MR) is 78.6 cm³/mol. The number of halogens is 1. The summed E-state index contributed by atoms with van der Waals surface area (Å²) in [6, 6.07) is 8.36. The van der Waals surface area contributed by atoms with E-state index in [9.17, 15) is 9.65 Å². The van der Waals surface area contributed by atoms with E-state index >= 15 is 0 Å². The number of aromatic nitrogens is 1.